The summed E-state index contributed by atoms with van der Waals surface area (Å²) in [5.41, 5.74) is -0.117. The number of rotatable bonds is 4. The molecule has 0 N–H and O–H groups in total. The van der Waals surface area contributed by atoms with Crippen LogP contribution in [0, 0.1) is 11.3 Å². The van der Waals surface area contributed by atoms with Crippen LogP contribution in [0.25, 0.3) is 0 Å². The molecule has 0 spiro atoms. The van der Waals surface area contributed by atoms with E-state index in [4.69, 9.17) is 10.00 Å². The van der Waals surface area contributed by atoms with Gasteiger partial charge in [-0.3, -0.25) is 4.90 Å². The minimum atomic E-state index is -0.0586. The highest BCUT2D eigenvalue weighted by atomic mass is 16.5. The molecule has 0 aromatic carbocycles. The largest absolute Gasteiger partial charge is 0.367 e. The van der Waals surface area contributed by atoms with Gasteiger partial charge < -0.3 is 4.74 Å². The van der Waals surface area contributed by atoms with Gasteiger partial charge >= 0.3 is 0 Å². The van der Waals surface area contributed by atoms with Gasteiger partial charge in [-0.05, 0) is 47.1 Å². The van der Waals surface area contributed by atoms with Crippen LogP contribution in [0.15, 0.2) is 0 Å². The standard InChI is InChI=1S/C13H24N2O/c1-12(2)10-15(9-7-5-6-8-14)11-13(3,4)16-12/h5-7,9-11H2,1-4H3. The van der Waals surface area contributed by atoms with E-state index < -0.39 is 0 Å². The van der Waals surface area contributed by atoms with Gasteiger partial charge in [0.25, 0.3) is 0 Å². The summed E-state index contributed by atoms with van der Waals surface area (Å²) in [5.74, 6) is 0. The molecule has 92 valence electrons. The van der Waals surface area contributed by atoms with Crippen LogP contribution in [0.5, 0.6) is 0 Å². The average molecular weight is 224 g/mol. The van der Waals surface area contributed by atoms with Crippen molar-refractivity contribution in [2.75, 3.05) is 19.6 Å². The summed E-state index contributed by atoms with van der Waals surface area (Å²) in [6, 6.07) is 2.19. The second-order valence-electron chi connectivity index (χ2n) is 5.95. The molecule has 3 heteroatoms. The molecule has 1 aliphatic rings. The Morgan fingerprint density at radius 3 is 2.19 bits per heavy atom. The van der Waals surface area contributed by atoms with Crippen LogP contribution < -0.4 is 0 Å². The van der Waals surface area contributed by atoms with Crippen molar-refractivity contribution in [3.8, 4) is 6.07 Å². The van der Waals surface area contributed by atoms with E-state index in [1.807, 2.05) is 0 Å². The Morgan fingerprint density at radius 2 is 1.69 bits per heavy atom. The average Bonchev–Trinajstić information content (AvgIpc) is 2.07. The molecule has 3 nitrogen and oxygen atoms in total. The highest BCUT2D eigenvalue weighted by molar-refractivity contribution is 4.89. The molecular weight excluding hydrogens is 200 g/mol. The van der Waals surface area contributed by atoms with Gasteiger partial charge in [0, 0.05) is 19.5 Å². The van der Waals surface area contributed by atoms with E-state index in [1.54, 1.807) is 0 Å². The summed E-state index contributed by atoms with van der Waals surface area (Å²) in [6.07, 6.45) is 2.80. The lowest BCUT2D eigenvalue weighted by molar-refractivity contribution is -0.180. The summed E-state index contributed by atoms with van der Waals surface area (Å²) in [4.78, 5) is 2.46. The first kappa shape index (κ1) is 13.5. The van der Waals surface area contributed by atoms with Gasteiger partial charge in [-0.25, -0.2) is 0 Å². The molecule has 16 heavy (non-hydrogen) atoms. The lowest BCUT2D eigenvalue weighted by Crippen LogP contribution is -2.57. The van der Waals surface area contributed by atoms with E-state index in [-0.39, 0.29) is 11.2 Å². The van der Waals surface area contributed by atoms with Crippen molar-refractivity contribution in [3.63, 3.8) is 0 Å². The van der Waals surface area contributed by atoms with Crippen molar-refractivity contribution >= 4 is 0 Å². The Balaban J connectivity index is 2.39. The third-order valence-corrected chi connectivity index (χ3v) is 2.77. The SMILES string of the molecule is CC1(C)CN(CCCCC#N)CC(C)(C)O1. The Labute approximate surface area is 99.4 Å². The predicted octanol–water partition coefficient (Wildman–Crippen LogP) is 2.57. The van der Waals surface area contributed by atoms with Gasteiger partial charge in [0.2, 0.25) is 0 Å². The van der Waals surface area contributed by atoms with E-state index in [0.29, 0.717) is 6.42 Å². The van der Waals surface area contributed by atoms with Gasteiger partial charge in [0.05, 0.1) is 17.3 Å². The topological polar surface area (TPSA) is 36.3 Å². The Bertz CT molecular complexity index is 250. The zero-order valence-electron chi connectivity index (χ0n) is 11.0. The molecule has 0 bridgehead atoms. The minimum absolute atomic E-state index is 0.0586. The maximum atomic E-state index is 8.49. The predicted molar refractivity (Wildman–Crippen MR) is 65.1 cm³/mol. The quantitative estimate of drug-likeness (QED) is 0.689. The van der Waals surface area contributed by atoms with E-state index in [9.17, 15) is 0 Å². The number of ether oxygens (including phenoxy) is 1. The Hall–Kier alpha value is -0.590. The molecule has 0 aromatic rings. The third-order valence-electron chi connectivity index (χ3n) is 2.77. The van der Waals surface area contributed by atoms with Crippen molar-refractivity contribution in [2.24, 2.45) is 0 Å². The number of unbranched alkanes of at least 4 members (excludes halogenated alkanes) is 2. The minimum Gasteiger partial charge on any atom is -0.367 e. The van der Waals surface area contributed by atoms with Gasteiger partial charge in [0.15, 0.2) is 0 Å². The highest BCUT2D eigenvalue weighted by Crippen LogP contribution is 2.28. The maximum absolute atomic E-state index is 8.49. The lowest BCUT2D eigenvalue weighted by atomic mass is 9.98. The molecule has 0 unspecified atom stereocenters. The molecule has 0 aromatic heterocycles. The maximum Gasteiger partial charge on any atom is 0.0760 e. The third kappa shape index (κ3) is 4.51. The van der Waals surface area contributed by atoms with Crippen LogP contribution in [0.2, 0.25) is 0 Å². The van der Waals surface area contributed by atoms with Crippen molar-refractivity contribution in [1.82, 2.24) is 4.90 Å². The fourth-order valence-corrected chi connectivity index (χ4v) is 2.64. The normalized spacial score (nSPS) is 23.9. The first-order valence-electron chi connectivity index (χ1n) is 6.14. The molecule has 1 saturated heterocycles. The van der Waals surface area contributed by atoms with Crippen LogP contribution in [0.3, 0.4) is 0 Å². The summed E-state index contributed by atoms with van der Waals surface area (Å²) in [7, 11) is 0. The van der Waals surface area contributed by atoms with E-state index in [1.165, 1.54) is 0 Å². The van der Waals surface area contributed by atoms with E-state index in [0.717, 1.165) is 32.5 Å². The molecule has 0 amide bonds. The van der Waals surface area contributed by atoms with Crippen LogP contribution in [0.1, 0.15) is 47.0 Å². The Morgan fingerprint density at radius 1 is 1.12 bits per heavy atom. The van der Waals surface area contributed by atoms with Crippen molar-refractivity contribution in [1.29, 1.82) is 5.26 Å². The summed E-state index contributed by atoms with van der Waals surface area (Å²) >= 11 is 0. The number of nitrogens with zero attached hydrogens (tertiary/aromatic N) is 2. The number of nitriles is 1. The van der Waals surface area contributed by atoms with Gasteiger partial charge in [-0.15, -0.1) is 0 Å². The van der Waals surface area contributed by atoms with Gasteiger partial charge in [-0.1, -0.05) is 0 Å². The van der Waals surface area contributed by atoms with Crippen molar-refractivity contribution < 1.29 is 4.74 Å². The second kappa shape index (κ2) is 5.16. The smallest absolute Gasteiger partial charge is 0.0760 e. The molecule has 1 fully saturated rings. The van der Waals surface area contributed by atoms with Gasteiger partial charge in [0.1, 0.15) is 0 Å². The number of morpholine rings is 1. The fourth-order valence-electron chi connectivity index (χ4n) is 2.64. The molecule has 1 aliphatic heterocycles. The molecule has 0 radical (unpaired) electrons. The summed E-state index contributed by atoms with van der Waals surface area (Å²) in [5, 5.41) is 8.49. The first-order chi connectivity index (χ1) is 7.35. The highest BCUT2D eigenvalue weighted by Gasteiger charge is 2.37. The fraction of sp³-hybridized carbons (Fsp3) is 0.923. The van der Waals surface area contributed by atoms with E-state index in [2.05, 4.69) is 38.7 Å². The van der Waals surface area contributed by atoms with Crippen molar-refractivity contribution in [3.05, 3.63) is 0 Å². The zero-order chi connectivity index (χ0) is 12.2. The zero-order valence-corrected chi connectivity index (χ0v) is 11.0. The Kier molecular flexibility index (Phi) is 4.35. The van der Waals surface area contributed by atoms with E-state index >= 15 is 0 Å². The molecule has 0 atom stereocenters. The summed E-state index contributed by atoms with van der Waals surface area (Å²) in [6.45, 7) is 11.7. The molecule has 0 saturated carbocycles. The molecular formula is C13H24N2O. The van der Waals surface area contributed by atoms with Crippen molar-refractivity contribution in [2.45, 2.75) is 58.2 Å². The molecule has 1 rings (SSSR count). The number of hydrogen-bond donors (Lipinski definition) is 0. The monoisotopic (exact) mass is 224 g/mol. The van der Waals surface area contributed by atoms with Crippen LogP contribution in [0.4, 0.5) is 0 Å². The van der Waals surface area contributed by atoms with Crippen LogP contribution >= 0.6 is 0 Å². The number of hydrogen-bond acceptors (Lipinski definition) is 3. The molecule has 0 aliphatic carbocycles. The second-order valence-corrected chi connectivity index (χ2v) is 5.95. The first-order valence-corrected chi connectivity index (χ1v) is 6.14. The van der Waals surface area contributed by atoms with Crippen LogP contribution in [-0.4, -0.2) is 35.7 Å². The summed E-state index contributed by atoms with van der Waals surface area (Å²) < 4.78 is 6.02. The molecule has 1 heterocycles. The van der Waals surface area contributed by atoms with Gasteiger partial charge in [-0.2, -0.15) is 5.26 Å². The van der Waals surface area contributed by atoms with Crippen LogP contribution in [-0.2, 0) is 4.74 Å². The lowest BCUT2D eigenvalue weighted by Gasteiger charge is -2.47.